The van der Waals surface area contributed by atoms with Gasteiger partial charge in [0.25, 0.3) is 11.8 Å². The van der Waals surface area contributed by atoms with Crippen molar-refractivity contribution in [3.05, 3.63) is 71.2 Å². The number of aliphatic hydroxyl groups is 1. The fourth-order valence-corrected chi connectivity index (χ4v) is 2.62. The summed E-state index contributed by atoms with van der Waals surface area (Å²) in [5.41, 5.74) is 0.972. The van der Waals surface area contributed by atoms with Crippen molar-refractivity contribution >= 4 is 17.4 Å². The molecule has 0 aromatic heterocycles. The molecule has 6 heteroatoms. The van der Waals surface area contributed by atoms with E-state index >= 15 is 0 Å². The summed E-state index contributed by atoms with van der Waals surface area (Å²) in [5, 5.41) is 10.1. The van der Waals surface area contributed by atoms with Crippen molar-refractivity contribution in [3.63, 3.8) is 0 Å². The number of carbonyl (C=O) groups excluding carboxylic acids is 2. The van der Waals surface area contributed by atoms with Crippen molar-refractivity contribution in [1.82, 2.24) is 4.90 Å². The molecule has 0 saturated heterocycles. The predicted octanol–water partition coefficient (Wildman–Crippen LogP) is 3.06. The highest BCUT2D eigenvalue weighted by molar-refractivity contribution is 6.34. The van der Waals surface area contributed by atoms with Crippen LogP contribution in [0.2, 0.25) is 0 Å². The van der Waals surface area contributed by atoms with E-state index in [0.717, 1.165) is 4.90 Å². The van der Waals surface area contributed by atoms with E-state index in [9.17, 15) is 19.1 Å². The van der Waals surface area contributed by atoms with Crippen LogP contribution in [0.15, 0.2) is 54.3 Å². The lowest BCUT2D eigenvalue weighted by Gasteiger charge is -2.14. The minimum atomic E-state index is -0.766. The van der Waals surface area contributed by atoms with Crippen LogP contribution in [0, 0.1) is 5.82 Å². The molecule has 0 atom stereocenters. The summed E-state index contributed by atoms with van der Waals surface area (Å²) in [6.45, 7) is 2.33. The number of hydrogen-bond donors (Lipinski definition) is 1. The third-order valence-corrected chi connectivity index (χ3v) is 3.85. The largest absolute Gasteiger partial charge is 0.502 e. The van der Waals surface area contributed by atoms with Gasteiger partial charge in [-0.05, 0) is 42.3 Å². The van der Waals surface area contributed by atoms with Gasteiger partial charge in [0.15, 0.2) is 5.76 Å². The minimum absolute atomic E-state index is 0.0392. The highest BCUT2D eigenvalue weighted by Gasteiger charge is 2.39. The zero-order valence-electron chi connectivity index (χ0n) is 13.5. The van der Waals surface area contributed by atoms with Crippen molar-refractivity contribution in [3.8, 4) is 5.75 Å². The average molecular weight is 341 g/mol. The Kier molecular flexibility index (Phi) is 4.52. The molecule has 3 rings (SSSR count). The molecule has 5 nitrogen and oxygen atoms in total. The monoisotopic (exact) mass is 341 g/mol. The van der Waals surface area contributed by atoms with E-state index in [1.54, 1.807) is 24.3 Å². The molecule has 2 aromatic rings. The molecule has 128 valence electrons. The van der Waals surface area contributed by atoms with Gasteiger partial charge in [-0.2, -0.15) is 0 Å². The number of ether oxygens (including phenoxy) is 1. The number of halogens is 1. The van der Waals surface area contributed by atoms with Gasteiger partial charge in [0.2, 0.25) is 0 Å². The average Bonchev–Trinajstić information content (AvgIpc) is 2.82. The number of nitrogens with zero attached hydrogens (tertiary/aromatic N) is 1. The maximum absolute atomic E-state index is 13.0. The zero-order chi connectivity index (χ0) is 18.0. The Balaban J connectivity index is 1.84. The van der Waals surface area contributed by atoms with Crippen LogP contribution in [0.3, 0.4) is 0 Å². The molecule has 0 saturated carbocycles. The standard InChI is InChI=1S/C19H16FNO4/c1-2-25-15-9-5-13(6-10-15)16-17(22)19(24)21(18(16)23)11-12-3-7-14(20)8-4-12/h3-10,22H,2,11H2,1H3. The van der Waals surface area contributed by atoms with E-state index in [2.05, 4.69) is 0 Å². The molecule has 1 heterocycles. The lowest BCUT2D eigenvalue weighted by Crippen LogP contribution is -2.31. The van der Waals surface area contributed by atoms with Gasteiger partial charge in [-0.25, -0.2) is 4.39 Å². The first-order chi connectivity index (χ1) is 12.0. The van der Waals surface area contributed by atoms with Gasteiger partial charge < -0.3 is 9.84 Å². The first-order valence-corrected chi connectivity index (χ1v) is 7.78. The molecule has 0 unspecified atom stereocenters. The lowest BCUT2D eigenvalue weighted by atomic mass is 10.1. The number of amides is 2. The van der Waals surface area contributed by atoms with Crippen molar-refractivity contribution < 1.29 is 23.8 Å². The molecule has 25 heavy (non-hydrogen) atoms. The Hall–Kier alpha value is -3.15. The van der Waals surface area contributed by atoms with E-state index in [1.807, 2.05) is 6.92 Å². The molecule has 0 radical (unpaired) electrons. The number of rotatable bonds is 5. The van der Waals surface area contributed by atoms with E-state index in [1.165, 1.54) is 24.3 Å². The van der Waals surface area contributed by atoms with Crippen LogP contribution in [-0.4, -0.2) is 28.4 Å². The summed E-state index contributed by atoms with van der Waals surface area (Å²) in [5.74, 6) is -1.71. The summed E-state index contributed by atoms with van der Waals surface area (Å²) in [6, 6.07) is 12.0. The van der Waals surface area contributed by atoms with Crippen LogP contribution in [0.4, 0.5) is 4.39 Å². The van der Waals surface area contributed by atoms with Gasteiger partial charge in [0.1, 0.15) is 11.6 Å². The molecule has 2 amide bonds. The number of carbonyl (C=O) groups is 2. The van der Waals surface area contributed by atoms with Crippen molar-refractivity contribution in [2.24, 2.45) is 0 Å². The van der Waals surface area contributed by atoms with Gasteiger partial charge in [-0.3, -0.25) is 14.5 Å². The normalized spacial score (nSPS) is 14.4. The smallest absolute Gasteiger partial charge is 0.296 e. The molecule has 0 aliphatic carbocycles. The second kappa shape index (κ2) is 6.76. The molecule has 2 aromatic carbocycles. The number of imide groups is 1. The quantitative estimate of drug-likeness (QED) is 0.849. The van der Waals surface area contributed by atoms with Crippen molar-refractivity contribution in [1.29, 1.82) is 0 Å². The lowest BCUT2D eigenvalue weighted by molar-refractivity contribution is -0.138. The van der Waals surface area contributed by atoms with Crippen LogP contribution >= 0.6 is 0 Å². The molecule has 0 spiro atoms. The maximum Gasteiger partial charge on any atom is 0.296 e. The fourth-order valence-electron chi connectivity index (χ4n) is 2.62. The van der Waals surface area contributed by atoms with Crippen LogP contribution in [-0.2, 0) is 16.1 Å². The number of aliphatic hydroxyl groups excluding tert-OH is 1. The van der Waals surface area contributed by atoms with Crippen LogP contribution in [0.5, 0.6) is 5.75 Å². The van der Waals surface area contributed by atoms with E-state index in [4.69, 9.17) is 4.74 Å². The molecule has 1 aliphatic rings. The summed E-state index contributed by atoms with van der Waals surface area (Å²) in [7, 11) is 0. The molecular weight excluding hydrogens is 325 g/mol. The van der Waals surface area contributed by atoms with Crippen LogP contribution in [0.1, 0.15) is 18.1 Å². The minimum Gasteiger partial charge on any atom is -0.502 e. The van der Waals surface area contributed by atoms with Gasteiger partial charge in [-0.15, -0.1) is 0 Å². The highest BCUT2D eigenvalue weighted by atomic mass is 19.1. The first kappa shape index (κ1) is 16.7. The molecule has 1 N–H and O–H groups in total. The first-order valence-electron chi connectivity index (χ1n) is 7.78. The van der Waals surface area contributed by atoms with Crippen LogP contribution in [0.25, 0.3) is 5.57 Å². The van der Waals surface area contributed by atoms with Gasteiger partial charge in [0, 0.05) is 0 Å². The predicted molar refractivity (Wildman–Crippen MR) is 89.1 cm³/mol. The van der Waals surface area contributed by atoms with Crippen molar-refractivity contribution in [2.75, 3.05) is 6.61 Å². The Morgan fingerprint density at radius 3 is 2.24 bits per heavy atom. The highest BCUT2D eigenvalue weighted by Crippen LogP contribution is 2.30. The maximum atomic E-state index is 13.0. The summed E-state index contributed by atoms with van der Waals surface area (Å²) >= 11 is 0. The fraction of sp³-hybridized carbons (Fsp3) is 0.158. The third-order valence-electron chi connectivity index (χ3n) is 3.85. The second-order valence-electron chi connectivity index (χ2n) is 5.50. The SMILES string of the molecule is CCOc1ccc(C2=C(O)C(=O)N(Cc3ccc(F)cc3)C2=O)cc1. The van der Waals surface area contributed by atoms with Gasteiger partial charge in [0.05, 0.1) is 18.7 Å². The summed E-state index contributed by atoms with van der Waals surface area (Å²) < 4.78 is 18.3. The van der Waals surface area contributed by atoms with E-state index in [-0.39, 0.29) is 12.1 Å². The van der Waals surface area contributed by atoms with E-state index < -0.39 is 23.4 Å². The Bertz CT molecular complexity index is 841. The zero-order valence-corrected chi connectivity index (χ0v) is 13.5. The second-order valence-corrected chi connectivity index (χ2v) is 5.50. The van der Waals surface area contributed by atoms with Gasteiger partial charge >= 0.3 is 0 Å². The Labute approximate surface area is 144 Å². The summed E-state index contributed by atoms with van der Waals surface area (Å²) in [4.78, 5) is 25.8. The molecular formula is C19H16FNO4. The topological polar surface area (TPSA) is 66.8 Å². The van der Waals surface area contributed by atoms with Crippen molar-refractivity contribution in [2.45, 2.75) is 13.5 Å². The number of benzene rings is 2. The molecule has 1 aliphatic heterocycles. The van der Waals surface area contributed by atoms with Gasteiger partial charge in [-0.1, -0.05) is 24.3 Å². The Morgan fingerprint density at radius 1 is 1.00 bits per heavy atom. The molecule has 0 fully saturated rings. The molecule has 0 bridgehead atoms. The van der Waals surface area contributed by atoms with E-state index in [0.29, 0.717) is 23.5 Å². The number of hydrogen-bond acceptors (Lipinski definition) is 4. The third kappa shape index (κ3) is 3.24. The summed E-state index contributed by atoms with van der Waals surface area (Å²) in [6.07, 6.45) is 0. The Morgan fingerprint density at radius 2 is 1.64 bits per heavy atom. The van der Waals surface area contributed by atoms with Crippen LogP contribution < -0.4 is 4.74 Å².